The molecular weight excluding hydrogens is 321 g/mol. The zero-order valence-corrected chi connectivity index (χ0v) is 13.9. The summed E-state index contributed by atoms with van der Waals surface area (Å²) < 4.78 is 13.3. The number of aromatic nitrogens is 1. The number of carbonyl (C=O) groups is 2. The van der Waals surface area contributed by atoms with Gasteiger partial charge in [-0.15, -0.1) is 0 Å². The lowest BCUT2D eigenvalue weighted by Crippen LogP contribution is -2.14. The second-order valence-corrected chi connectivity index (χ2v) is 5.80. The molecule has 0 radical (unpaired) electrons. The Morgan fingerprint density at radius 1 is 1.08 bits per heavy atom. The molecule has 6 heteroatoms. The van der Waals surface area contributed by atoms with Gasteiger partial charge in [-0.3, -0.25) is 9.59 Å². The van der Waals surface area contributed by atoms with Crippen LogP contribution in [0.3, 0.4) is 0 Å². The lowest BCUT2D eigenvalue weighted by molar-refractivity contribution is -0.115. The normalized spacial score (nSPS) is 10.7. The highest BCUT2D eigenvalue weighted by molar-refractivity contribution is 6.06. The van der Waals surface area contributed by atoms with E-state index in [0.717, 1.165) is 5.56 Å². The predicted octanol–water partition coefficient (Wildman–Crippen LogP) is 4.22. The number of aryl methyl sites for hydroxylation is 1. The van der Waals surface area contributed by atoms with Crippen LogP contribution in [-0.2, 0) is 4.79 Å². The van der Waals surface area contributed by atoms with Gasteiger partial charge in [0.2, 0.25) is 5.91 Å². The average Bonchev–Trinajstić information content (AvgIpc) is 3.01. The maximum Gasteiger partial charge on any atom is 0.272 e. The Labute approximate surface area is 144 Å². The minimum Gasteiger partial charge on any atom is -0.351 e. The summed E-state index contributed by atoms with van der Waals surface area (Å²) in [6.07, 6.45) is 0.376. The van der Waals surface area contributed by atoms with Crippen LogP contribution in [0.1, 0.15) is 29.4 Å². The molecule has 0 aliphatic heterocycles. The first-order valence-electron chi connectivity index (χ1n) is 7.96. The van der Waals surface area contributed by atoms with Crippen LogP contribution in [0.5, 0.6) is 0 Å². The standard InChI is InChI=1S/C19H18FN3O2/c1-3-18(24)21-14-6-4-11(2)16(10-14)23-19(25)17-9-12-8-13(20)5-7-15(12)22-17/h4-10,22H,3H2,1-2H3,(H,21,24)(H,23,25). The molecule has 1 aromatic heterocycles. The minimum absolute atomic E-state index is 0.0984. The molecule has 0 atom stereocenters. The molecule has 1 heterocycles. The molecule has 5 nitrogen and oxygen atoms in total. The monoisotopic (exact) mass is 339 g/mol. The molecule has 0 aliphatic rings. The van der Waals surface area contributed by atoms with E-state index in [1.807, 2.05) is 13.0 Å². The van der Waals surface area contributed by atoms with Gasteiger partial charge in [-0.2, -0.15) is 0 Å². The summed E-state index contributed by atoms with van der Waals surface area (Å²) in [4.78, 5) is 27.0. The molecule has 3 N–H and O–H groups in total. The van der Waals surface area contributed by atoms with Crippen LogP contribution < -0.4 is 10.6 Å². The second-order valence-electron chi connectivity index (χ2n) is 5.80. The van der Waals surface area contributed by atoms with Crippen molar-refractivity contribution >= 4 is 34.1 Å². The Bertz CT molecular complexity index is 962. The van der Waals surface area contributed by atoms with Gasteiger partial charge in [-0.05, 0) is 48.9 Å². The summed E-state index contributed by atoms with van der Waals surface area (Å²) in [6, 6.07) is 11.2. The van der Waals surface area contributed by atoms with Gasteiger partial charge in [0, 0.05) is 28.7 Å². The Hall–Kier alpha value is -3.15. The molecule has 0 fully saturated rings. The van der Waals surface area contributed by atoms with Crippen molar-refractivity contribution in [1.82, 2.24) is 4.98 Å². The molecular formula is C19H18FN3O2. The first kappa shape index (κ1) is 16.7. The molecule has 0 saturated heterocycles. The van der Waals surface area contributed by atoms with Crippen molar-refractivity contribution in [3.63, 3.8) is 0 Å². The number of rotatable bonds is 4. The number of carbonyl (C=O) groups excluding carboxylic acids is 2. The summed E-state index contributed by atoms with van der Waals surface area (Å²) >= 11 is 0. The zero-order valence-electron chi connectivity index (χ0n) is 13.9. The highest BCUT2D eigenvalue weighted by atomic mass is 19.1. The van der Waals surface area contributed by atoms with Crippen molar-refractivity contribution < 1.29 is 14.0 Å². The van der Waals surface area contributed by atoms with Gasteiger partial charge in [0.15, 0.2) is 0 Å². The number of fused-ring (bicyclic) bond motifs is 1. The number of nitrogens with one attached hydrogen (secondary N) is 3. The van der Waals surface area contributed by atoms with Gasteiger partial charge in [0.25, 0.3) is 5.91 Å². The Morgan fingerprint density at radius 2 is 1.88 bits per heavy atom. The van der Waals surface area contributed by atoms with Crippen molar-refractivity contribution in [3.8, 4) is 0 Å². The zero-order chi connectivity index (χ0) is 18.0. The van der Waals surface area contributed by atoms with E-state index in [9.17, 15) is 14.0 Å². The van der Waals surface area contributed by atoms with E-state index in [4.69, 9.17) is 0 Å². The van der Waals surface area contributed by atoms with Crippen molar-refractivity contribution in [2.45, 2.75) is 20.3 Å². The number of benzene rings is 2. The molecule has 0 spiro atoms. The molecule has 0 bridgehead atoms. The van der Waals surface area contributed by atoms with Crippen molar-refractivity contribution in [2.75, 3.05) is 10.6 Å². The van der Waals surface area contributed by atoms with Gasteiger partial charge >= 0.3 is 0 Å². The molecule has 25 heavy (non-hydrogen) atoms. The topological polar surface area (TPSA) is 74.0 Å². The number of aromatic amines is 1. The van der Waals surface area contributed by atoms with E-state index in [1.54, 1.807) is 31.2 Å². The number of hydrogen-bond acceptors (Lipinski definition) is 2. The quantitative estimate of drug-likeness (QED) is 0.666. The van der Waals surface area contributed by atoms with Crippen molar-refractivity contribution in [3.05, 3.63) is 59.5 Å². The van der Waals surface area contributed by atoms with E-state index in [1.165, 1.54) is 12.1 Å². The summed E-state index contributed by atoms with van der Waals surface area (Å²) in [5, 5.41) is 6.21. The Morgan fingerprint density at radius 3 is 2.64 bits per heavy atom. The highest BCUT2D eigenvalue weighted by Gasteiger charge is 2.12. The van der Waals surface area contributed by atoms with Crippen LogP contribution in [-0.4, -0.2) is 16.8 Å². The van der Waals surface area contributed by atoms with E-state index < -0.39 is 0 Å². The maximum absolute atomic E-state index is 13.3. The summed E-state index contributed by atoms with van der Waals surface area (Å²) in [6.45, 7) is 3.63. The van der Waals surface area contributed by atoms with Crippen LogP contribution in [0.4, 0.5) is 15.8 Å². The van der Waals surface area contributed by atoms with Crippen LogP contribution in [0, 0.1) is 12.7 Å². The SMILES string of the molecule is CCC(=O)Nc1ccc(C)c(NC(=O)c2cc3cc(F)ccc3[nH]2)c1. The summed E-state index contributed by atoms with van der Waals surface area (Å²) in [7, 11) is 0. The molecule has 2 aromatic carbocycles. The fourth-order valence-electron chi connectivity index (χ4n) is 2.50. The van der Waals surface area contributed by atoms with Crippen LogP contribution in [0.2, 0.25) is 0 Å². The van der Waals surface area contributed by atoms with Gasteiger partial charge in [-0.25, -0.2) is 4.39 Å². The molecule has 128 valence electrons. The summed E-state index contributed by atoms with van der Waals surface area (Å²) in [5.74, 6) is -0.786. The fraction of sp³-hybridized carbons (Fsp3) is 0.158. The first-order valence-corrected chi connectivity index (χ1v) is 7.96. The lowest BCUT2D eigenvalue weighted by Gasteiger charge is -2.11. The summed E-state index contributed by atoms with van der Waals surface area (Å²) in [5.41, 5.74) is 3.11. The number of halogens is 1. The number of hydrogen-bond donors (Lipinski definition) is 3. The Kier molecular flexibility index (Phi) is 4.52. The van der Waals surface area contributed by atoms with Crippen LogP contribution in [0.15, 0.2) is 42.5 Å². The third-order valence-electron chi connectivity index (χ3n) is 3.92. The molecule has 2 amide bonds. The van der Waals surface area contributed by atoms with E-state index in [2.05, 4.69) is 15.6 Å². The van der Waals surface area contributed by atoms with Gasteiger partial charge in [-0.1, -0.05) is 13.0 Å². The van der Waals surface area contributed by atoms with Gasteiger partial charge in [0.1, 0.15) is 11.5 Å². The van der Waals surface area contributed by atoms with Crippen molar-refractivity contribution in [1.29, 1.82) is 0 Å². The molecule has 3 rings (SSSR count). The number of amides is 2. The first-order chi connectivity index (χ1) is 12.0. The second kappa shape index (κ2) is 6.76. The van der Waals surface area contributed by atoms with E-state index in [-0.39, 0.29) is 17.6 Å². The predicted molar refractivity (Wildman–Crippen MR) is 96.3 cm³/mol. The third-order valence-corrected chi connectivity index (χ3v) is 3.92. The highest BCUT2D eigenvalue weighted by Crippen LogP contribution is 2.22. The van der Waals surface area contributed by atoms with Crippen LogP contribution >= 0.6 is 0 Å². The molecule has 3 aromatic rings. The molecule has 0 aliphatic carbocycles. The largest absolute Gasteiger partial charge is 0.351 e. The number of anilines is 2. The van der Waals surface area contributed by atoms with Crippen LogP contribution in [0.25, 0.3) is 10.9 Å². The fourth-order valence-corrected chi connectivity index (χ4v) is 2.50. The van der Waals surface area contributed by atoms with Gasteiger partial charge < -0.3 is 15.6 Å². The lowest BCUT2D eigenvalue weighted by atomic mass is 10.1. The van der Waals surface area contributed by atoms with E-state index in [0.29, 0.717) is 34.4 Å². The molecule has 0 unspecified atom stereocenters. The van der Waals surface area contributed by atoms with Crippen molar-refractivity contribution in [2.24, 2.45) is 0 Å². The van der Waals surface area contributed by atoms with Gasteiger partial charge in [0.05, 0.1) is 0 Å². The smallest absolute Gasteiger partial charge is 0.272 e. The average molecular weight is 339 g/mol. The Balaban J connectivity index is 1.83. The molecule has 0 saturated carbocycles. The van der Waals surface area contributed by atoms with E-state index >= 15 is 0 Å². The number of H-pyrrole nitrogens is 1. The minimum atomic E-state index is -0.353. The third kappa shape index (κ3) is 3.68. The maximum atomic E-state index is 13.3.